The smallest absolute Gasteiger partial charge is 0.255 e. The van der Waals surface area contributed by atoms with Crippen LogP contribution in [0.5, 0.6) is 11.5 Å². The second kappa shape index (κ2) is 8.40. The van der Waals surface area contributed by atoms with Crippen LogP contribution in [0.1, 0.15) is 29.3 Å². The van der Waals surface area contributed by atoms with Crippen LogP contribution < -0.4 is 14.8 Å². The van der Waals surface area contributed by atoms with Crippen molar-refractivity contribution in [3.05, 3.63) is 51.0 Å². The first-order valence-electron chi connectivity index (χ1n) is 7.54. The van der Waals surface area contributed by atoms with Crippen molar-refractivity contribution >= 4 is 39.1 Å². The first-order valence-corrected chi connectivity index (χ1v) is 8.71. The highest BCUT2D eigenvalue weighted by Gasteiger charge is 2.16. The van der Waals surface area contributed by atoms with Gasteiger partial charge >= 0.3 is 0 Å². The number of hydrogen-bond donors (Lipinski definition) is 1. The summed E-state index contributed by atoms with van der Waals surface area (Å²) in [7, 11) is 1.55. The Balaban J connectivity index is 2.27. The van der Waals surface area contributed by atoms with Crippen LogP contribution in [0.3, 0.4) is 0 Å². The molecule has 0 saturated heterocycles. The molecule has 0 heterocycles. The maximum Gasteiger partial charge on any atom is 0.255 e. The van der Waals surface area contributed by atoms with Crippen molar-refractivity contribution in [1.82, 2.24) is 0 Å². The zero-order valence-corrected chi connectivity index (χ0v) is 16.1. The fraction of sp³-hybridized carbons (Fsp3) is 0.278. The molecule has 128 valence electrons. The molecular weight excluding hydrogens is 394 g/mol. The molecular formula is C18H19BrClNO3. The van der Waals surface area contributed by atoms with E-state index >= 15 is 0 Å². The van der Waals surface area contributed by atoms with Crippen molar-refractivity contribution in [2.24, 2.45) is 0 Å². The van der Waals surface area contributed by atoms with E-state index in [4.69, 9.17) is 21.1 Å². The number of methoxy groups -OCH3 is 1. The average molecular weight is 413 g/mol. The maximum atomic E-state index is 12.5. The molecule has 2 aromatic rings. The molecule has 0 bridgehead atoms. The lowest BCUT2D eigenvalue weighted by atomic mass is 10.1. The monoisotopic (exact) mass is 411 g/mol. The molecule has 0 aliphatic carbocycles. The van der Waals surface area contributed by atoms with E-state index in [0.717, 1.165) is 12.0 Å². The third-order valence-corrected chi connectivity index (χ3v) is 4.20. The van der Waals surface area contributed by atoms with Crippen LogP contribution >= 0.6 is 27.5 Å². The van der Waals surface area contributed by atoms with Gasteiger partial charge in [-0.05, 0) is 65.2 Å². The van der Waals surface area contributed by atoms with Crippen molar-refractivity contribution in [1.29, 1.82) is 0 Å². The van der Waals surface area contributed by atoms with E-state index in [1.54, 1.807) is 37.4 Å². The third kappa shape index (κ3) is 4.42. The predicted octanol–water partition coefficient (Wildman–Crippen LogP) is 5.46. The summed E-state index contributed by atoms with van der Waals surface area (Å²) in [6, 6.07) is 8.70. The van der Waals surface area contributed by atoms with Crippen molar-refractivity contribution < 1.29 is 14.3 Å². The van der Waals surface area contributed by atoms with Crippen molar-refractivity contribution in [2.75, 3.05) is 19.0 Å². The van der Waals surface area contributed by atoms with Crippen LogP contribution in [0, 0.1) is 6.92 Å². The Bertz CT molecular complexity index is 749. The first kappa shape index (κ1) is 18.6. The van der Waals surface area contributed by atoms with Gasteiger partial charge in [-0.25, -0.2) is 0 Å². The number of anilines is 1. The van der Waals surface area contributed by atoms with E-state index in [1.807, 2.05) is 13.8 Å². The summed E-state index contributed by atoms with van der Waals surface area (Å²) in [5.41, 5.74) is 2.08. The molecule has 2 rings (SSSR count). The number of carbonyl (C=O) groups is 1. The van der Waals surface area contributed by atoms with Crippen molar-refractivity contribution in [3.63, 3.8) is 0 Å². The molecule has 24 heavy (non-hydrogen) atoms. The van der Waals surface area contributed by atoms with Gasteiger partial charge in [0, 0.05) is 16.3 Å². The summed E-state index contributed by atoms with van der Waals surface area (Å²) in [6.07, 6.45) is 0.883. The standard InChI is InChI=1S/C18H19BrClNO3/c1-4-7-24-17-14(19)9-12(10-16(17)23-3)18(22)21-15-6-5-13(20)8-11(15)2/h5-6,8-10H,4,7H2,1-3H3,(H,21,22). The summed E-state index contributed by atoms with van der Waals surface area (Å²) < 4.78 is 11.7. The van der Waals surface area contributed by atoms with E-state index in [1.165, 1.54) is 0 Å². The van der Waals surface area contributed by atoms with Gasteiger partial charge in [0.1, 0.15) is 0 Å². The largest absolute Gasteiger partial charge is 0.493 e. The molecule has 0 spiro atoms. The second-order valence-electron chi connectivity index (χ2n) is 5.25. The highest BCUT2D eigenvalue weighted by atomic mass is 79.9. The predicted molar refractivity (Wildman–Crippen MR) is 101 cm³/mol. The van der Waals surface area contributed by atoms with Gasteiger partial charge in [0.25, 0.3) is 5.91 Å². The molecule has 2 aromatic carbocycles. The molecule has 0 aliphatic rings. The molecule has 0 saturated carbocycles. The highest BCUT2D eigenvalue weighted by molar-refractivity contribution is 9.10. The topological polar surface area (TPSA) is 47.6 Å². The highest BCUT2D eigenvalue weighted by Crippen LogP contribution is 2.37. The fourth-order valence-electron chi connectivity index (χ4n) is 2.16. The van der Waals surface area contributed by atoms with E-state index in [2.05, 4.69) is 21.2 Å². The lowest BCUT2D eigenvalue weighted by Crippen LogP contribution is -2.13. The third-order valence-electron chi connectivity index (χ3n) is 3.38. The number of hydrogen-bond acceptors (Lipinski definition) is 3. The Morgan fingerprint density at radius 2 is 2.04 bits per heavy atom. The zero-order valence-electron chi connectivity index (χ0n) is 13.8. The van der Waals surface area contributed by atoms with Crippen LogP contribution in [0.2, 0.25) is 5.02 Å². The first-order chi connectivity index (χ1) is 11.5. The SMILES string of the molecule is CCCOc1c(Br)cc(C(=O)Nc2ccc(Cl)cc2C)cc1OC. The summed E-state index contributed by atoms with van der Waals surface area (Å²) in [6.45, 7) is 4.49. The van der Waals surface area contributed by atoms with E-state index in [-0.39, 0.29) is 5.91 Å². The minimum absolute atomic E-state index is 0.235. The molecule has 4 nitrogen and oxygen atoms in total. The summed E-state index contributed by atoms with van der Waals surface area (Å²) in [5, 5.41) is 3.51. The van der Waals surface area contributed by atoms with E-state index in [9.17, 15) is 4.79 Å². The Hall–Kier alpha value is -1.72. The molecule has 0 aromatic heterocycles. The lowest BCUT2D eigenvalue weighted by molar-refractivity contribution is 0.102. The van der Waals surface area contributed by atoms with Gasteiger partial charge in [-0.3, -0.25) is 4.79 Å². The maximum absolute atomic E-state index is 12.5. The molecule has 6 heteroatoms. The van der Waals surface area contributed by atoms with E-state index in [0.29, 0.717) is 38.9 Å². The van der Waals surface area contributed by atoms with Crippen LogP contribution in [-0.4, -0.2) is 19.6 Å². The number of halogens is 2. The molecule has 0 atom stereocenters. The summed E-state index contributed by atoms with van der Waals surface area (Å²) in [4.78, 5) is 12.5. The number of amides is 1. The van der Waals surface area contributed by atoms with Gasteiger partial charge in [-0.2, -0.15) is 0 Å². The van der Waals surface area contributed by atoms with Crippen LogP contribution in [0.4, 0.5) is 5.69 Å². The van der Waals surface area contributed by atoms with Crippen LogP contribution in [0.15, 0.2) is 34.8 Å². The normalized spacial score (nSPS) is 10.4. The Morgan fingerprint density at radius 1 is 1.29 bits per heavy atom. The Labute approximate surface area is 155 Å². The Morgan fingerprint density at radius 3 is 2.67 bits per heavy atom. The van der Waals surface area contributed by atoms with Gasteiger partial charge in [-0.1, -0.05) is 18.5 Å². The number of benzene rings is 2. The summed E-state index contributed by atoms with van der Waals surface area (Å²) >= 11 is 9.38. The van der Waals surface area contributed by atoms with Crippen molar-refractivity contribution in [2.45, 2.75) is 20.3 Å². The molecule has 0 fully saturated rings. The Kier molecular flexibility index (Phi) is 6.52. The second-order valence-corrected chi connectivity index (χ2v) is 6.54. The average Bonchev–Trinajstić information content (AvgIpc) is 2.55. The molecule has 0 radical (unpaired) electrons. The van der Waals surface area contributed by atoms with Gasteiger partial charge in [0.05, 0.1) is 18.2 Å². The van der Waals surface area contributed by atoms with Crippen molar-refractivity contribution in [3.8, 4) is 11.5 Å². The van der Waals surface area contributed by atoms with Crippen LogP contribution in [0.25, 0.3) is 0 Å². The fourth-order valence-corrected chi connectivity index (χ4v) is 2.94. The minimum Gasteiger partial charge on any atom is -0.493 e. The number of ether oxygens (including phenoxy) is 2. The van der Waals surface area contributed by atoms with Gasteiger partial charge in [0.2, 0.25) is 0 Å². The molecule has 0 unspecified atom stereocenters. The number of carbonyl (C=O) groups excluding carboxylic acids is 1. The van der Waals surface area contributed by atoms with Gasteiger partial charge < -0.3 is 14.8 Å². The lowest BCUT2D eigenvalue weighted by Gasteiger charge is -2.14. The molecule has 1 N–H and O–H groups in total. The van der Waals surface area contributed by atoms with Gasteiger partial charge in [-0.15, -0.1) is 0 Å². The molecule has 1 amide bonds. The molecule has 0 aliphatic heterocycles. The van der Waals surface area contributed by atoms with E-state index < -0.39 is 0 Å². The van der Waals surface area contributed by atoms with Crippen LogP contribution in [-0.2, 0) is 0 Å². The minimum atomic E-state index is -0.235. The summed E-state index contributed by atoms with van der Waals surface area (Å²) in [5.74, 6) is 0.871. The quantitative estimate of drug-likeness (QED) is 0.685. The zero-order chi connectivity index (χ0) is 17.7. The van der Waals surface area contributed by atoms with Gasteiger partial charge in [0.15, 0.2) is 11.5 Å². The number of rotatable bonds is 6. The number of nitrogens with one attached hydrogen (secondary N) is 1. The number of aryl methyl sites for hydroxylation is 1.